The number of thiol groups is 1. The van der Waals surface area contributed by atoms with Crippen LogP contribution in [0.5, 0.6) is 0 Å². The predicted molar refractivity (Wildman–Crippen MR) is 164 cm³/mol. The van der Waals surface area contributed by atoms with Crippen LogP contribution in [-0.4, -0.2) is 26.6 Å². The molecule has 198 valence electrons. The molecule has 39 heavy (non-hydrogen) atoms. The molecular weight excluding hydrogens is 523 g/mol. The number of hydrogen-bond donors (Lipinski definition) is 4. The SMILES string of the molecule is Cn1c(S)c(-c2cccc(NC(=O)CNc3ccc(C4CC4(C)c4cn(C)c5ccccc45)cc3)c2)[nH]c1=S. The topological polar surface area (TPSA) is 66.8 Å². The van der Waals surface area contributed by atoms with Gasteiger partial charge in [0.2, 0.25) is 5.91 Å². The first-order valence-electron chi connectivity index (χ1n) is 13.0. The minimum Gasteiger partial charge on any atom is -0.376 e. The minimum atomic E-state index is -0.117. The number of benzene rings is 3. The number of hydrogen-bond acceptors (Lipinski definition) is 4. The number of aryl methyl sites for hydroxylation is 1. The molecule has 6 rings (SSSR count). The van der Waals surface area contributed by atoms with Crippen LogP contribution in [0, 0.1) is 4.77 Å². The van der Waals surface area contributed by atoms with Crippen LogP contribution >= 0.6 is 24.8 Å². The summed E-state index contributed by atoms with van der Waals surface area (Å²) in [5.41, 5.74) is 7.55. The minimum absolute atomic E-state index is 0.117. The van der Waals surface area contributed by atoms with Gasteiger partial charge in [-0.25, -0.2) is 0 Å². The maximum atomic E-state index is 12.7. The zero-order chi connectivity index (χ0) is 27.3. The highest BCUT2D eigenvalue weighted by Gasteiger charge is 2.53. The van der Waals surface area contributed by atoms with Gasteiger partial charge in [0.05, 0.1) is 17.3 Å². The number of imidazole rings is 1. The number of fused-ring (bicyclic) bond motifs is 1. The van der Waals surface area contributed by atoms with Crippen LogP contribution in [0.25, 0.3) is 22.2 Å². The van der Waals surface area contributed by atoms with E-state index >= 15 is 0 Å². The number of aromatic amines is 1. The molecule has 0 spiro atoms. The third-order valence-corrected chi connectivity index (χ3v) is 8.93. The van der Waals surface area contributed by atoms with E-state index in [-0.39, 0.29) is 17.9 Å². The van der Waals surface area contributed by atoms with E-state index in [1.165, 1.54) is 22.0 Å². The summed E-state index contributed by atoms with van der Waals surface area (Å²) in [4.78, 5) is 15.8. The molecule has 1 saturated carbocycles. The maximum Gasteiger partial charge on any atom is 0.243 e. The Bertz CT molecular complexity index is 1760. The number of amides is 1. The van der Waals surface area contributed by atoms with E-state index in [0.717, 1.165) is 28.4 Å². The first-order chi connectivity index (χ1) is 18.7. The maximum absolute atomic E-state index is 12.7. The number of carbonyl (C=O) groups is 1. The van der Waals surface area contributed by atoms with E-state index in [2.05, 4.69) is 102 Å². The van der Waals surface area contributed by atoms with Crippen LogP contribution < -0.4 is 10.6 Å². The molecular formula is C31H31N5OS2. The van der Waals surface area contributed by atoms with Gasteiger partial charge >= 0.3 is 0 Å². The van der Waals surface area contributed by atoms with E-state index in [4.69, 9.17) is 12.2 Å². The van der Waals surface area contributed by atoms with Crippen molar-refractivity contribution in [3.8, 4) is 11.3 Å². The summed E-state index contributed by atoms with van der Waals surface area (Å²) in [6, 6.07) is 24.8. The Morgan fingerprint density at radius 1 is 1.08 bits per heavy atom. The van der Waals surface area contributed by atoms with Crippen molar-refractivity contribution in [1.29, 1.82) is 0 Å². The molecule has 0 saturated heterocycles. The number of nitrogens with zero attached hydrogens (tertiary/aromatic N) is 2. The molecule has 8 heteroatoms. The van der Waals surface area contributed by atoms with Crippen molar-refractivity contribution >= 4 is 53.0 Å². The number of rotatable bonds is 7. The predicted octanol–water partition coefficient (Wildman–Crippen LogP) is 7.03. The number of aromatic nitrogens is 3. The Balaban J connectivity index is 1.08. The molecule has 3 aromatic carbocycles. The molecule has 1 aliphatic rings. The van der Waals surface area contributed by atoms with Gasteiger partial charge in [-0.05, 0) is 66.0 Å². The van der Waals surface area contributed by atoms with Gasteiger partial charge in [-0.2, -0.15) is 0 Å². The number of nitrogens with one attached hydrogen (secondary N) is 3. The Morgan fingerprint density at radius 2 is 1.85 bits per heavy atom. The number of anilines is 2. The van der Waals surface area contributed by atoms with Crippen molar-refractivity contribution in [2.24, 2.45) is 14.1 Å². The van der Waals surface area contributed by atoms with E-state index < -0.39 is 0 Å². The summed E-state index contributed by atoms with van der Waals surface area (Å²) in [6.07, 6.45) is 3.43. The van der Waals surface area contributed by atoms with E-state index in [1.54, 1.807) is 0 Å². The normalized spacial score (nSPS) is 18.3. The van der Waals surface area contributed by atoms with E-state index in [1.807, 2.05) is 35.9 Å². The van der Waals surface area contributed by atoms with Gasteiger partial charge in [0.25, 0.3) is 0 Å². The number of carbonyl (C=O) groups excluding carboxylic acids is 1. The van der Waals surface area contributed by atoms with Crippen molar-refractivity contribution in [3.05, 3.63) is 94.9 Å². The second kappa shape index (κ2) is 9.77. The summed E-state index contributed by atoms with van der Waals surface area (Å²) in [6.45, 7) is 2.54. The first kappa shape index (κ1) is 25.5. The molecule has 0 aliphatic heterocycles. The van der Waals surface area contributed by atoms with Crippen LogP contribution in [-0.2, 0) is 24.3 Å². The van der Waals surface area contributed by atoms with Crippen LogP contribution in [0.4, 0.5) is 11.4 Å². The van der Waals surface area contributed by atoms with Crippen molar-refractivity contribution in [2.75, 3.05) is 17.2 Å². The molecule has 2 unspecified atom stereocenters. The molecule has 0 radical (unpaired) electrons. The van der Waals surface area contributed by atoms with Crippen LogP contribution in [0.2, 0.25) is 0 Å². The van der Waals surface area contributed by atoms with Gasteiger partial charge in [-0.3, -0.25) is 4.79 Å². The highest BCUT2D eigenvalue weighted by molar-refractivity contribution is 7.80. The lowest BCUT2D eigenvalue weighted by molar-refractivity contribution is -0.114. The smallest absolute Gasteiger partial charge is 0.243 e. The lowest BCUT2D eigenvalue weighted by Gasteiger charge is -2.12. The molecule has 2 aromatic heterocycles. The first-order valence-corrected chi connectivity index (χ1v) is 13.9. The average molecular weight is 554 g/mol. The van der Waals surface area contributed by atoms with Gasteiger partial charge < -0.3 is 24.8 Å². The molecule has 6 nitrogen and oxygen atoms in total. The zero-order valence-corrected chi connectivity index (χ0v) is 23.9. The summed E-state index contributed by atoms with van der Waals surface area (Å²) < 4.78 is 4.63. The monoisotopic (exact) mass is 553 g/mol. The summed E-state index contributed by atoms with van der Waals surface area (Å²) >= 11 is 9.86. The summed E-state index contributed by atoms with van der Waals surface area (Å²) in [7, 11) is 3.99. The quantitative estimate of drug-likeness (QED) is 0.129. The van der Waals surface area contributed by atoms with Crippen molar-refractivity contribution in [1.82, 2.24) is 14.1 Å². The molecule has 5 aromatic rings. The number of H-pyrrole nitrogens is 1. The number of para-hydroxylation sites is 1. The van der Waals surface area contributed by atoms with Crippen LogP contribution in [0.1, 0.15) is 30.4 Å². The van der Waals surface area contributed by atoms with Gasteiger partial charge in [-0.15, -0.1) is 12.6 Å². The largest absolute Gasteiger partial charge is 0.376 e. The molecule has 2 heterocycles. The van der Waals surface area contributed by atoms with E-state index in [9.17, 15) is 4.79 Å². The van der Waals surface area contributed by atoms with Gasteiger partial charge in [0, 0.05) is 53.5 Å². The molecule has 0 bridgehead atoms. The standard InChI is InChI=1S/C31H31N5OS2/c1-31(25-18-35(2)26-10-5-4-9-23(25)26)16-24(31)19-11-13-21(14-12-19)32-17-27(37)33-22-8-6-7-20(15-22)28-29(38)36(3)30(39)34-28/h4-15,18,24,32,38H,16-17H2,1-3H3,(H,33,37)(H,34,39). The Labute approximate surface area is 238 Å². The highest BCUT2D eigenvalue weighted by Crippen LogP contribution is 2.61. The average Bonchev–Trinajstić information content (AvgIpc) is 3.42. The van der Waals surface area contributed by atoms with Crippen molar-refractivity contribution < 1.29 is 4.79 Å². The molecule has 1 fully saturated rings. The third kappa shape index (κ3) is 4.68. The van der Waals surface area contributed by atoms with Gasteiger partial charge in [0.1, 0.15) is 0 Å². The van der Waals surface area contributed by atoms with Crippen LogP contribution in [0.15, 0.2) is 84.0 Å². The van der Waals surface area contributed by atoms with Crippen molar-refractivity contribution in [3.63, 3.8) is 0 Å². The fraction of sp³-hybridized carbons (Fsp3) is 0.226. The Kier molecular flexibility index (Phi) is 6.40. The second-order valence-corrected chi connectivity index (χ2v) is 11.4. The van der Waals surface area contributed by atoms with E-state index in [0.29, 0.717) is 16.4 Å². The molecule has 1 aliphatic carbocycles. The Hall–Kier alpha value is -3.75. The summed E-state index contributed by atoms with van der Waals surface area (Å²) in [5, 5.41) is 8.31. The van der Waals surface area contributed by atoms with Crippen molar-refractivity contribution in [2.45, 2.75) is 29.7 Å². The second-order valence-electron chi connectivity index (χ2n) is 10.6. The third-order valence-electron chi connectivity index (χ3n) is 8.03. The summed E-state index contributed by atoms with van der Waals surface area (Å²) in [5.74, 6) is 0.373. The molecule has 2 atom stereocenters. The van der Waals surface area contributed by atoms with Gasteiger partial charge in [-0.1, -0.05) is 49.4 Å². The fourth-order valence-electron chi connectivity index (χ4n) is 5.63. The Morgan fingerprint density at radius 3 is 2.59 bits per heavy atom. The highest BCUT2D eigenvalue weighted by atomic mass is 32.1. The lowest BCUT2D eigenvalue weighted by Crippen LogP contribution is -2.21. The molecule has 3 N–H and O–H groups in total. The van der Waals surface area contributed by atoms with Gasteiger partial charge in [0.15, 0.2) is 4.77 Å². The van der Waals surface area contributed by atoms with Crippen LogP contribution in [0.3, 0.4) is 0 Å². The zero-order valence-electron chi connectivity index (χ0n) is 22.2. The molecule has 1 amide bonds. The lowest BCUT2D eigenvalue weighted by atomic mass is 9.92. The fourth-order valence-corrected chi connectivity index (χ4v) is 6.18.